The van der Waals surface area contributed by atoms with Gasteiger partial charge in [-0.15, -0.1) is 0 Å². The number of hydrogen-bond acceptors (Lipinski definition) is 5. The van der Waals surface area contributed by atoms with Crippen molar-refractivity contribution in [2.45, 2.75) is 39.3 Å². The minimum atomic E-state index is -0.230. The van der Waals surface area contributed by atoms with Crippen LogP contribution in [-0.4, -0.2) is 28.7 Å². The summed E-state index contributed by atoms with van der Waals surface area (Å²) >= 11 is 0. The Morgan fingerprint density at radius 2 is 2.06 bits per heavy atom. The van der Waals surface area contributed by atoms with Gasteiger partial charge in [-0.05, 0) is 27.7 Å². The van der Waals surface area contributed by atoms with Crippen LogP contribution in [0.3, 0.4) is 0 Å². The fraction of sp³-hybridized carbons (Fsp3) is 0.636. The molecule has 1 unspecified atom stereocenters. The van der Waals surface area contributed by atoms with Gasteiger partial charge in [0.25, 0.3) is 0 Å². The highest BCUT2D eigenvalue weighted by molar-refractivity contribution is 5.41. The number of aromatic nitrogens is 2. The van der Waals surface area contributed by atoms with Gasteiger partial charge in [-0.3, -0.25) is 0 Å². The van der Waals surface area contributed by atoms with Crippen LogP contribution in [-0.2, 0) is 0 Å². The second kappa shape index (κ2) is 4.65. The molecule has 0 aliphatic rings. The standard InChI is InChI=1S/C11H20N4O/c1-7(12)11(3,4)15-9-6-10(16-5)14-8(2)13-9/h6-7H,12H2,1-5H3,(H,13,14,15). The van der Waals surface area contributed by atoms with Gasteiger partial charge in [-0.1, -0.05) is 0 Å². The van der Waals surface area contributed by atoms with Crippen LogP contribution in [0.5, 0.6) is 5.88 Å². The summed E-state index contributed by atoms with van der Waals surface area (Å²) < 4.78 is 5.09. The molecule has 1 atom stereocenters. The van der Waals surface area contributed by atoms with Gasteiger partial charge in [0.2, 0.25) is 5.88 Å². The maximum absolute atomic E-state index is 5.89. The number of nitrogens with zero attached hydrogens (tertiary/aromatic N) is 2. The molecule has 1 aromatic rings. The van der Waals surface area contributed by atoms with Crippen molar-refractivity contribution in [3.05, 3.63) is 11.9 Å². The molecule has 1 aromatic heterocycles. The summed E-state index contributed by atoms with van der Waals surface area (Å²) in [6, 6.07) is 1.77. The quantitative estimate of drug-likeness (QED) is 0.807. The minimum Gasteiger partial charge on any atom is -0.481 e. The number of nitrogens with one attached hydrogen (secondary N) is 1. The maximum atomic E-state index is 5.89. The fourth-order valence-corrected chi connectivity index (χ4v) is 1.15. The molecular formula is C11H20N4O. The van der Waals surface area contributed by atoms with E-state index in [1.165, 1.54) is 0 Å². The van der Waals surface area contributed by atoms with Crippen LogP contribution in [0, 0.1) is 6.92 Å². The number of rotatable bonds is 4. The molecule has 0 saturated heterocycles. The lowest BCUT2D eigenvalue weighted by molar-refractivity contribution is 0.395. The molecular weight excluding hydrogens is 204 g/mol. The summed E-state index contributed by atoms with van der Waals surface area (Å²) in [7, 11) is 1.59. The zero-order chi connectivity index (χ0) is 12.3. The Labute approximate surface area is 96.4 Å². The van der Waals surface area contributed by atoms with Gasteiger partial charge in [-0.2, -0.15) is 4.98 Å². The number of anilines is 1. The molecule has 0 aliphatic carbocycles. The fourth-order valence-electron chi connectivity index (χ4n) is 1.15. The topological polar surface area (TPSA) is 73.1 Å². The van der Waals surface area contributed by atoms with Gasteiger partial charge in [-0.25, -0.2) is 4.98 Å². The van der Waals surface area contributed by atoms with Gasteiger partial charge in [0.05, 0.1) is 7.11 Å². The lowest BCUT2D eigenvalue weighted by Crippen LogP contribution is -2.47. The molecule has 1 heterocycles. The van der Waals surface area contributed by atoms with Crippen LogP contribution in [0.1, 0.15) is 26.6 Å². The predicted molar refractivity (Wildman–Crippen MR) is 64.7 cm³/mol. The molecule has 0 aliphatic heterocycles. The van der Waals surface area contributed by atoms with Crippen LogP contribution in [0.4, 0.5) is 5.82 Å². The van der Waals surface area contributed by atoms with E-state index in [4.69, 9.17) is 10.5 Å². The molecule has 16 heavy (non-hydrogen) atoms. The summed E-state index contributed by atoms with van der Waals surface area (Å²) in [6.45, 7) is 7.84. The third-order valence-electron chi connectivity index (χ3n) is 2.61. The third kappa shape index (κ3) is 3.06. The van der Waals surface area contributed by atoms with E-state index in [2.05, 4.69) is 15.3 Å². The van der Waals surface area contributed by atoms with Crippen molar-refractivity contribution in [3.63, 3.8) is 0 Å². The zero-order valence-electron chi connectivity index (χ0n) is 10.5. The van der Waals surface area contributed by atoms with Crippen LogP contribution in [0.2, 0.25) is 0 Å². The number of ether oxygens (including phenoxy) is 1. The van der Waals surface area contributed by atoms with E-state index in [1.54, 1.807) is 13.2 Å². The van der Waals surface area contributed by atoms with Crippen LogP contribution < -0.4 is 15.8 Å². The second-order valence-corrected chi connectivity index (χ2v) is 4.48. The molecule has 0 radical (unpaired) electrons. The Morgan fingerprint density at radius 1 is 1.44 bits per heavy atom. The minimum absolute atomic E-state index is 0.00812. The van der Waals surface area contributed by atoms with Crippen molar-refractivity contribution in [1.82, 2.24) is 9.97 Å². The molecule has 5 heteroatoms. The lowest BCUT2D eigenvalue weighted by Gasteiger charge is -2.30. The third-order valence-corrected chi connectivity index (χ3v) is 2.61. The van der Waals surface area contributed by atoms with E-state index in [0.717, 1.165) is 5.82 Å². The molecule has 3 N–H and O–H groups in total. The highest BCUT2D eigenvalue weighted by Crippen LogP contribution is 2.18. The van der Waals surface area contributed by atoms with Gasteiger partial charge >= 0.3 is 0 Å². The highest BCUT2D eigenvalue weighted by Gasteiger charge is 2.23. The SMILES string of the molecule is COc1cc(NC(C)(C)C(C)N)nc(C)n1. The van der Waals surface area contributed by atoms with Crippen LogP contribution in [0.15, 0.2) is 6.07 Å². The highest BCUT2D eigenvalue weighted by atomic mass is 16.5. The van der Waals surface area contributed by atoms with Crippen LogP contribution in [0.25, 0.3) is 0 Å². The number of methoxy groups -OCH3 is 1. The molecule has 0 fully saturated rings. The molecule has 5 nitrogen and oxygen atoms in total. The van der Waals surface area contributed by atoms with Crippen molar-refractivity contribution >= 4 is 5.82 Å². The normalized spacial score (nSPS) is 13.4. The van der Waals surface area contributed by atoms with Crippen molar-refractivity contribution in [3.8, 4) is 5.88 Å². The molecule has 90 valence electrons. The largest absolute Gasteiger partial charge is 0.481 e. The van der Waals surface area contributed by atoms with E-state index < -0.39 is 0 Å². The van der Waals surface area contributed by atoms with Gasteiger partial charge in [0.15, 0.2) is 0 Å². The van der Waals surface area contributed by atoms with E-state index in [9.17, 15) is 0 Å². The average Bonchev–Trinajstić information content (AvgIpc) is 2.15. The molecule has 0 spiro atoms. The van der Waals surface area contributed by atoms with E-state index in [1.807, 2.05) is 27.7 Å². The Balaban J connectivity index is 2.93. The Morgan fingerprint density at radius 3 is 2.56 bits per heavy atom. The van der Waals surface area contributed by atoms with Crippen LogP contribution >= 0.6 is 0 Å². The smallest absolute Gasteiger partial charge is 0.218 e. The van der Waals surface area contributed by atoms with Crippen molar-refractivity contribution in [2.75, 3.05) is 12.4 Å². The second-order valence-electron chi connectivity index (χ2n) is 4.48. The van der Waals surface area contributed by atoms with E-state index >= 15 is 0 Å². The summed E-state index contributed by atoms with van der Waals surface area (Å²) in [6.07, 6.45) is 0. The predicted octanol–water partition coefficient (Wildman–Crippen LogP) is 1.33. The average molecular weight is 224 g/mol. The first kappa shape index (κ1) is 12.7. The number of hydrogen-bond donors (Lipinski definition) is 2. The Bertz CT molecular complexity index is 363. The van der Waals surface area contributed by atoms with Crippen molar-refractivity contribution < 1.29 is 4.74 Å². The zero-order valence-corrected chi connectivity index (χ0v) is 10.5. The maximum Gasteiger partial charge on any atom is 0.218 e. The Kier molecular flexibility index (Phi) is 3.70. The number of nitrogens with two attached hydrogens (primary N) is 1. The summed E-state index contributed by atoms with van der Waals surface area (Å²) in [4.78, 5) is 8.41. The molecule has 0 bridgehead atoms. The summed E-state index contributed by atoms with van der Waals surface area (Å²) in [5.41, 5.74) is 5.66. The molecule has 0 amide bonds. The molecule has 1 rings (SSSR count). The Hall–Kier alpha value is -1.36. The van der Waals surface area contributed by atoms with E-state index in [-0.39, 0.29) is 11.6 Å². The summed E-state index contributed by atoms with van der Waals surface area (Å²) in [5, 5.41) is 3.28. The first-order valence-electron chi connectivity index (χ1n) is 5.28. The van der Waals surface area contributed by atoms with Gasteiger partial charge in [0, 0.05) is 17.6 Å². The molecule has 0 aromatic carbocycles. The molecule has 0 saturated carbocycles. The lowest BCUT2D eigenvalue weighted by atomic mass is 9.97. The van der Waals surface area contributed by atoms with Gasteiger partial charge < -0.3 is 15.8 Å². The summed E-state index contributed by atoms with van der Waals surface area (Å²) in [5.74, 6) is 1.95. The van der Waals surface area contributed by atoms with Crippen molar-refractivity contribution in [2.24, 2.45) is 5.73 Å². The first-order chi connectivity index (χ1) is 7.35. The number of aryl methyl sites for hydroxylation is 1. The first-order valence-corrected chi connectivity index (χ1v) is 5.28. The van der Waals surface area contributed by atoms with Crippen molar-refractivity contribution in [1.29, 1.82) is 0 Å². The van der Waals surface area contributed by atoms with E-state index in [0.29, 0.717) is 11.7 Å². The monoisotopic (exact) mass is 224 g/mol. The van der Waals surface area contributed by atoms with Gasteiger partial charge in [0.1, 0.15) is 11.6 Å².